The maximum absolute atomic E-state index is 11.3. The van der Waals surface area contributed by atoms with E-state index in [2.05, 4.69) is 12.2 Å². The molecule has 0 saturated heterocycles. The van der Waals surface area contributed by atoms with Gasteiger partial charge in [0.2, 0.25) is 0 Å². The van der Waals surface area contributed by atoms with Crippen LogP contribution in [0.4, 0.5) is 5.69 Å². The summed E-state index contributed by atoms with van der Waals surface area (Å²) in [5.41, 5.74) is -1.47. The van der Waals surface area contributed by atoms with E-state index in [1.54, 1.807) is 0 Å². The van der Waals surface area contributed by atoms with E-state index >= 15 is 0 Å². The zero-order chi connectivity index (χ0) is 19.5. The summed E-state index contributed by atoms with van der Waals surface area (Å²) in [6.07, 6.45) is 9.22. The summed E-state index contributed by atoms with van der Waals surface area (Å²) in [5.74, 6) is -4.52. The number of hydrogen-bond donors (Lipinski definition) is 4. The Morgan fingerprint density at radius 1 is 0.724 bits per heavy atom. The van der Waals surface area contributed by atoms with Gasteiger partial charge in [-0.05, 0) is 18.6 Å². The normalized spacial score (nSPS) is 9.41. The molecule has 150 valence electrons. The number of unbranched alkanes of at least 4 members (excludes halogenated alkanes) is 7. The van der Waals surface area contributed by atoms with Crippen LogP contribution in [0.3, 0.4) is 0 Å². The minimum absolute atomic E-state index is 0. The molecule has 1 aromatic carbocycles. The molecule has 0 aliphatic heterocycles. The minimum atomic E-state index is -1.57. The summed E-state index contributed by atoms with van der Waals surface area (Å²) >= 11 is 0. The van der Waals surface area contributed by atoms with Crippen LogP contribution in [0.2, 0.25) is 0 Å². The van der Waals surface area contributed by atoms with Gasteiger partial charge in [-0.15, -0.1) is 0 Å². The van der Waals surface area contributed by atoms with Crippen molar-refractivity contribution in [1.82, 2.24) is 0 Å². The van der Waals surface area contributed by atoms with Crippen molar-refractivity contribution < 1.29 is 29.7 Å². The van der Waals surface area contributed by atoms with Gasteiger partial charge < -0.3 is 20.6 Å². The standard InChI is InChI=1S/C19H27NO6.3Na.3H/c1-2-3-4-5-6-7-8-9-10-20-13-11-14(17(21)22)16(19(25)26)15(12-13)18(23)24;;;;;;/h11-12,20H,2-10H2,1H3,(H,21,22)(H,23,24)(H,25,26);;;;;;. The zero-order valence-electron chi connectivity index (χ0n) is 15.1. The molecule has 0 radical (unpaired) electrons. The van der Waals surface area contributed by atoms with Crippen LogP contribution in [-0.4, -0.2) is 128 Å². The SMILES string of the molecule is CCCCCCCCCCNc1cc(C(=O)O)c(C(=O)O)c(C(=O)O)c1.[NaH].[NaH].[NaH]. The molecule has 0 bridgehead atoms. The van der Waals surface area contributed by atoms with E-state index in [1.807, 2.05) is 0 Å². The quantitative estimate of drug-likeness (QED) is 0.276. The molecule has 0 atom stereocenters. The Bertz CT molecular complexity index is 620. The molecule has 0 amide bonds. The monoisotopic (exact) mass is 437 g/mol. The predicted octanol–water partition coefficient (Wildman–Crippen LogP) is 2.39. The molecule has 0 aliphatic carbocycles. The first kappa shape index (κ1) is 34.1. The van der Waals surface area contributed by atoms with Crippen LogP contribution in [0, 0.1) is 0 Å². The molecule has 29 heavy (non-hydrogen) atoms. The second-order valence-electron chi connectivity index (χ2n) is 6.26. The van der Waals surface area contributed by atoms with Crippen LogP contribution >= 0.6 is 0 Å². The number of aromatic carboxylic acids is 3. The third kappa shape index (κ3) is 12.8. The number of carboxylic acid groups (broad SMARTS) is 3. The number of carboxylic acids is 3. The molecule has 0 spiro atoms. The summed E-state index contributed by atoms with van der Waals surface area (Å²) in [4.78, 5) is 33.8. The fourth-order valence-corrected chi connectivity index (χ4v) is 2.80. The molecule has 0 unspecified atom stereocenters. The summed E-state index contributed by atoms with van der Waals surface area (Å²) < 4.78 is 0. The molecule has 0 aromatic heterocycles. The van der Waals surface area contributed by atoms with Crippen LogP contribution < -0.4 is 5.32 Å². The first-order valence-electron chi connectivity index (χ1n) is 9.00. The molecule has 10 heteroatoms. The maximum atomic E-state index is 11.3. The third-order valence-corrected chi connectivity index (χ3v) is 4.17. The van der Waals surface area contributed by atoms with E-state index in [4.69, 9.17) is 5.11 Å². The zero-order valence-corrected chi connectivity index (χ0v) is 15.1. The third-order valence-electron chi connectivity index (χ3n) is 4.17. The first-order valence-corrected chi connectivity index (χ1v) is 9.00. The molecular weight excluding hydrogens is 407 g/mol. The second-order valence-corrected chi connectivity index (χ2v) is 6.26. The van der Waals surface area contributed by atoms with E-state index in [-0.39, 0.29) is 88.7 Å². The fourth-order valence-electron chi connectivity index (χ4n) is 2.80. The summed E-state index contributed by atoms with van der Waals surface area (Å²) in [6, 6.07) is 2.34. The predicted molar refractivity (Wildman–Crippen MR) is 120 cm³/mol. The molecule has 1 aromatic rings. The van der Waals surface area contributed by atoms with Crippen LogP contribution in [-0.2, 0) is 0 Å². The van der Waals surface area contributed by atoms with Gasteiger partial charge in [0.25, 0.3) is 0 Å². The van der Waals surface area contributed by atoms with E-state index in [0.29, 0.717) is 12.2 Å². The molecule has 0 heterocycles. The van der Waals surface area contributed by atoms with Gasteiger partial charge in [-0.25, -0.2) is 14.4 Å². The van der Waals surface area contributed by atoms with Crippen molar-refractivity contribution in [3.8, 4) is 0 Å². The molecule has 4 N–H and O–H groups in total. The number of rotatable bonds is 13. The number of benzene rings is 1. The van der Waals surface area contributed by atoms with Gasteiger partial charge in [0.15, 0.2) is 0 Å². The van der Waals surface area contributed by atoms with Crippen molar-refractivity contribution in [2.24, 2.45) is 0 Å². The van der Waals surface area contributed by atoms with Crippen LogP contribution in [0.1, 0.15) is 89.4 Å². The van der Waals surface area contributed by atoms with Gasteiger partial charge in [-0.1, -0.05) is 51.9 Å². The van der Waals surface area contributed by atoms with Crippen molar-refractivity contribution >= 4 is 112 Å². The van der Waals surface area contributed by atoms with E-state index in [9.17, 15) is 24.6 Å². The van der Waals surface area contributed by atoms with Crippen molar-refractivity contribution in [2.75, 3.05) is 11.9 Å². The Balaban J connectivity index is -0.00000225. The fraction of sp³-hybridized carbons (Fsp3) is 0.526. The summed E-state index contributed by atoms with van der Waals surface area (Å²) in [7, 11) is 0. The number of carbonyl (C=O) groups is 3. The molecule has 0 aliphatic rings. The second kappa shape index (κ2) is 19.1. The van der Waals surface area contributed by atoms with E-state index in [0.717, 1.165) is 19.3 Å². The topological polar surface area (TPSA) is 124 Å². The van der Waals surface area contributed by atoms with E-state index < -0.39 is 34.6 Å². The van der Waals surface area contributed by atoms with Crippen LogP contribution in [0.15, 0.2) is 12.1 Å². The average Bonchev–Trinajstić information content (AvgIpc) is 2.59. The molecular formula is C19H30NNa3O6. The van der Waals surface area contributed by atoms with Gasteiger partial charge in [-0.3, -0.25) is 0 Å². The summed E-state index contributed by atoms with van der Waals surface area (Å²) in [5, 5.41) is 30.5. The van der Waals surface area contributed by atoms with Crippen molar-refractivity contribution in [3.63, 3.8) is 0 Å². The van der Waals surface area contributed by atoms with Crippen LogP contribution in [0.25, 0.3) is 0 Å². The van der Waals surface area contributed by atoms with Crippen LogP contribution in [0.5, 0.6) is 0 Å². The Labute approximate surface area is 238 Å². The molecule has 7 nitrogen and oxygen atoms in total. The Morgan fingerprint density at radius 2 is 1.14 bits per heavy atom. The Kier molecular flexibility index (Phi) is 22.5. The van der Waals surface area contributed by atoms with Crippen molar-refractivity contribution in [3.05, 3.63) is 28.8 Å². The van der Waals surface area contributed by atoms with Gasteiger partial charge in [-0.2, -0.15) is 0 Å². The van der Waals surface area contributed by atoms with E-state index in [1.165, 1.54) is 44.2 Å². The summed E-state index contributed by atoms with van der Waals surface area (Å²) in [6.45, 7) is 2.75. The average molecular weight is 437 g/mol. The number of anilines is 1. The van der Waals surface area contributed by atoms with Gasteiger partial charge in [0, 0.05) is 12.2 Å². The van der Waals surface area contributed by atoms with Crippen molar-refractivity contribution in [2.45, 2.75) is 58.3 Å². The van der Waals surface area contributed by atoms with Gasteiger partial charge >= 0.3 is 107 Å². The molecule has 0 saturated carbocycles. The van der Waals surface area contributed by atoms with Gasteiger partial charge in [0.05, 0.1) is 16.7 Å². The Hall–Kier alpha value is 0.430. The van der Waals surface area contributed by atoms with Gasteiger partial charge in [0.1, 0.15) is 0 Å². The van der Waals surface area contributed by atoms with Crippen molar-refractivity contribution in [1.29, 1.82) is 0 Å². The number of hydrogen-bond acceptors (Lipinski definition) is 4. The molecule has 1 rings (SSSR count). The Morgan fingerprint density at radius 3 is 1.52 bits per heavy atom. The molecule has 0 fully saturated rings. The first-order chi connectivity index (χ1) is 12.4. The number of nitrogens with one attached hydrogen (secondary N) is 1.